The minimum absolute atomic E-state index is 0.0786. The van der Waals surface area contributed by atoms with Gasteiger partial charge in [0.1, 0.15) is 5.82 Å². The molecule has 0 N–H and O–H groups in total. The average molecular weight is 236 g/mol. The van der Waals surface area contributed by atoms with E-state index in [9.17, 15) is 4.79 Å². The summed E-state index contributed by atoms with van der Waals surface area (Å²) >= 11 is 0. The van der Waals surface area contributed by atoms with E-state index < -0.39 is 0 Å². The van der Waals surface area contributed by atoms with Gasteiger partial charge in [-0.2, -0.15) is 0 Å². The SMILES string of the molecule is Cc1nc(C(C)(C)C)c(C(C)(C)C)c(=O)n1C. The maximum atomic E-state index is 12.4. The molecule has 0 atom stereocenters. The van der Waals surface area contributed by atoms with E-state index in [1.54, 1.807) is 11.6 Å². The van der Waals surface area contributed by atoms with Crippen molar-refractivity contribution in [3.05, 3.63) is 27.4 Å². The molecule has 0 unspecified atom stereocenters. The first kappa shape index (κ1) is 13.9. The average Bonchev–Trinajstić information content (AvgIpc) is 2.09. The molecule has 0 bridgehead atoms. The van der Waals surface area contributed by atoms with Gasteiger partial charge >= 0.3 is 0 Å². The summed E-state index contributed by atoms with van der Waals surface area (Å²) in [5.41, 5.74) is 1.54. The normalized spacial score (nSPS) is 12.9. The fraction of sp³-hybridized carbons (Fsp3) is 0.714. The molecule has 0 radical (unpaired) electrons. The minimum Gasteiger partial charge on any atom is -0.300 e. The monoisotopic (exact) mass is 236 g/mol. The van der Waals surface area contributed by atoms with Crippen molar-refractivity contribution in [1.29, 1.82) is 0 Å². The van der Waals surface area contributed by atoms with Crippen LogP contribution in [0.25, 0.3) is 0 Å². The van der Waals surface area contributed by atoms with Crippen LogP contribution >= 0.6 is 0 Å². The highest BCUT2D eigenvalue weighted by Gasteiger charge is 2.30. The van der Waals surface area contributed by atoms with E-state index in [2.05, 4.69) is 46.5 Å². The molecule has 0 amide bonds. The molecule has 1 aromatic heterocycles. The van der Waals surface area contributed by atoms with E-state index in [1.807, 2.05) is 6.92 Å². The van der Waals surface area contributed by atoms with Gasteiger partial charge in [-0.1, -0.05) is 41.5 Å². The fourth-order valence-corrected chi connectivity index (χ4v) is 1.93. The lowest BCUT2D eigenvalue weighted by Crippen LogP contribution is -2.36. The summed E-state index contributed by atoms with van der Waals surface area (Å²) in [5.74, 6) is 0.771. The summed E-state index contributed by atoms with van der Waals surface area (Å²) < 4.78 is 1.63. The second-order valence-corrected chi connectivity index (χ2v) is 6.75. The van der Waals surface area contributed by atoms with E-state index in [1.165, 1.54) is 0 Å². The van der Waals surface area contributed by atoms with Crippen LogP contribution in [0.1, 0.15) is 58.6 Å². The van der Waals surface area contributed by atoms with E-state index in [4.69, 9.17) is 0 Å². The van der Waals surface area contributed by atoms with Gasteiger partial charge in [0.05, 0.1) is 5.69 Å². The Kier molecular flexibility index (Phi) is 3.25. The molecule has 17 heavy (non-hydrogen) atoms. The smallest absolute Gasteiger partial charge is 0.257 e. The maximum absolute atomic E-state index is 12.4. The first-order valence-corrected chi connectivity index (χ1v) is 6.05. The third-order valence-corrected chi connectivity index (χ3v) is 2.97. The summed E-state index contributed by atoms with van der Waals surface area (Å²) in [6, 6.07) is 0. The molecular formula is C14H24N2O. The predicted octanol–water partition coefficient (Wildman–Crippen LogP) is 2.68. The van der Waals surface area contributed by atoms with Crippen LogP contribution in [0.15, 0.2) is 4.79 Å². The summed E-state index contributed by atoms with van der Waals surface area (Å²) in [6.45, 7) is 14.4. The maximum Gasteiger partial charge on any atom is 0.257 e. The van der Waals surface area contributed by atoms with Gasteiger partial charge < -0.3 is 0 Å². The topological polar surface area (TPSA) is 34.9 Å². The molecule has 0 aliphatic carbocycles. The van der Waals surface area contributed by atoms with Gasteiger partial charge in [0, 0.05) is 18.0 Å². The molecule has 0 saturated carbocycles. The fourth-order valence-electron chi connectivity index (χ4n) is 1.93. The molecule has 3 nitrogen and oxygen atoms in total. The van der Waals surface area contributed by atoms with Crippen molar-refractivity contribution < 1.29 is 0 Å². The molecule has 1 rings (SSSR count). The van der Waals surface area contributed by atoms with Crippen molar-refractivity contribution in [3.8, 4) is 0 Å². The van der Waals surface area contributed by atoms with Gasteiger partial charge in [-0.3, -0.25) is 9.36 Å². The molecular weight excluding hydrogens is 212 g/mol. The number of nitrogens with zero attached hydrogens (tertiary/aromatic N) is 2. The van der Waals surface area contributed by atoms with E-state index in [-0.39, 0.29) is 16.4 Å². The number of rotatable bonds is 0. The Morgan fingerprint density at radius 2 is 1.47 bits per heavy atom. The number of hydrogen-bond acceptors (Lipinski definition) is 2. The molecule has 0 spiro atoms. The predicted molar refractivity (Wildman–Crippen MR) is 71.6 cm³/mol. The van der Waals surface area contributed by atoms with Crippen molar-refractivity contribution in [2.24, 2.45) is 7.05 Å². The molecule has 96 valence electrons. The molecule has 0 aromatic carbocycles. The highest BCUT2D eigenvalue weighted by atomic mass is 16.1. The first-order chi connectivity index (χ1) is 7.46. The lowest BCUT2D eigenvalue weighted by atomic mass is 9.79. The first-order valence-electron chi connectivity index (χ1n) is 6.05. The Morgan fingerprint density at radius 3 is 1.82 bits per heavy atom. The van der Waals surface area contributed by atoms with E-state index >= 15 is 0 Å². The summed E-state index contributed by atoms with van der Waals surface area (Å²) in [4.78, 5) is 17.1. The standard InChI is InChI=1S/C14H24N2O/c1-9-15-11(14(5,6)7)10(13(2,3)4)12(17)16(9)8/h1-8H3. The van der Waals surface area contributed by atoms with Crippen molar-refractivity contribution in [2.45, 2.75) is 59.3 Å². The van der Waals surface area contributed by atoms with Crippen molar-refractivity contribution in [1.82, 2.24) is 9.55 Å². The molecule has 0 aliphatic rings. The number of aromatic nitrogens is 2. The van der Waals surface area contributed by atoms with Crippen LogP contribution in [0.5, 0.6) is 0 Å². The van der Waals surface area contributed by atoms with Crippen LogP contribution in [0.3, 0.4) is 0 Å². The van der Waals surface area contributed by atoms with Crippen LogP contribution in [0, 0.1) is 6.92 Å². The molecule has 0 aliphatic heterocycles. The Balaban J connectivity index is 3.78. The highest BCUT2D eigenvalue weighted by molar-refractivity contribution is 5.31. The zero-order chi connectivity index (χ0) is 13.6. The van der Waals surface area contributed by atoms with Gasteiger partial charge in [0.25, 0.3) is 5.56 Å². The van der Waals surface area contributed by atoms with Gasteiger partial charge in [0.2, 0.25) is 0 Å². The molecule has 1 aromatic rings. The Hall–Kier alpha value is -1.12. The lowest BCUT2D eigenvalue weighted by molar-refractivity contribution is 0.493. The molecule has 3 heteroatoms. The van der Waals surface area contributed by atoms with Gasteiger partial charge in [-0.15, -0.1) is 0 Å². The second kappa shape index (κ2) is 3.97. The second-order valence-electron chi connectivity index (χ2n) is 6.75. The molecule has 0 fully saturated rings. The van der Waals surface area contributed by atoms with Crippen LogP contribution < -0.4 is 5.56 Å². The summed E-state index contributed by atoms with van der Waals surface area (Å²) in [7, 11) is 1.78. The van der Waals surface area contributed by atoms with Gasteiger partial charge in [0.15, 0.2) is 0 Å². The quantitative estimate of drug-likeness (QED) is 0.694. The number of hydrogen-bond donors (Lipinski definition) is 0. The van der Waals surface area contributed by atoms with Gasteiger partial charge in [-0.05, 0) is 12.3 Å². The zero-order valence-electron chi connectivity index (χ0n) is 12.3. The highest BCUT2D eigenvalue weighted by Crippen LogP contribution is 2.29. The Morgan fingerprint density at radius 1 is 1.00 bits per heavy atom. The number of aryl methyl sites for hydroxylation is 1. The van der Waals surface area contributed by atoms with E-state index in [0.29, 0.717) is 0 Å². The Bertz CT molecular complexity index is 485. The van der Waals surface area contributed by atoms with Crippen LogP contribution in [-0.4, -0.2) is 9.55 Å². The van der Waals surface area contributed by atoms with Crippen molar-refractivity contribution in [3.63, 3.8) is 0 Å². The Labute approximate surface area is 104 Å². The lowest BCUT2D eigenvalue weighted by Gasteiger charge is -2.29. The molecule has 0 saturated heterocycles. The summed E-state index contributed by atoms with van der Waals surface area (Å²) in [5, 5.41) is 0. The van der Waals surface area contributed by atoms with Crippen molar-refractivity contribution >= 4 is 0 Å². The molecule has 1 heterocycles. The summed E-state index contributed by atoms with van der Waals surface area (Å²) in [6.07, 6.45) is 0. The van der Waals surface area contributed by atoms with Crippen LogP contribution in [-0.2, 0) is 17.9 Å². The third-order valence-electron chi connectivity index (χ3n) is 2.97. The minimum atomic E-state index is -0.182. The van der Waals surface area contributed by atoms with Crippen molar-refractivity contribution in [2.75, 3.05) is 0 Å². The third kappa shape index (κ3) is 2.59. The van der Waals surface area contributed by atoms with Crippen LogP contribution in [0.2, 0.25) is 0 Å². The zero-order valence-corrected chi connectivity index (χ0v) is 12.3. The van der Waals surface area contributed by atoms with Gasteiger partial charge in [-0.25, -0.2) is 4.98 Å². The largest absolute Gasteiger partial charge is 0.300 e. The van der Waals surface area contributed by atoms with E-state index in [0.717, 1.165) is 17.1 Å². The van der Waals surface area contributed by atoms with Crippen LogP contribution in [0.4, 0.5) is 0 Å².